The molecule has 0 unspecified atom stereocenters. The van der Waals surface area contributed by atoms with E-state index < -0.39 is 17.1 Å². The molecule has 2 aliphatic rings. The highest BCUT2D eigenvalue weighted by Crippen LogP contribution is 2.34. The molecule has 34 heavy (non-hydrogen) atoms. The van der Waals surface area contributed by atoms with Crippen LogP contribution in [0.25, 0.3) is 11.8 Å². The first-order valence-electron chi connectivity index (χ1n) is 10.9. The van der Waals surface area contributed by atoms with Gasteiger partial charge >= 0.3 is 5.97 Å². The van der Waals surface area contributed by atoms with Gasteiger partial charge in [0.15, 0.2) is 0 Å². The van der Waals surface area contributed by atoms with Crippen molar-refractivity contribution < 1.29 is 24.3 Å². The van der Waals surface area contributed by atoms with E-state index in [1.807, 2.05) is 24.5 Å². The minimum Gasteiger partial charge on any atom is -0.478 e. The average molecular weight is 502 g/mol. The Kier molecular flexibility index (Phi) is 6.86. The van der Waals surface area contributed by atoms with Crippen LogP contribution >= 0.6 is 23.4 Å². The molecule has 2 fully saturated rings. The van der Waals surface area contributed by atoms with Gasteiger partial charge in [-0.1, -0.05) is 11.6 Å². The minimum atomic E-state index is -1.12. The Morgan fingerprint density at radius 3 is 2.50 bits per heavy atom. The number of hydrogen-bond donors (Lipinski definition) is 1. The van der Waals surface area contributed by atoms with Crippen molar-refractivity contribution in [3.05, 3.63) is 56.7 Å². The maximum Gasteiger partial charge on any atom is 0.337 e. The molecule has 3 heterocycles. The van der Waals surface area contributed by atoms with Crippen molar-refractivity contribution in [1.82, 2.24) is 14.4 Å². The number of likely N-dealkylation sites (tertiary alicyclic amines) is 1. The van der Waals surface area contributed by atoms with Crippen LogP contribution in [0.1, 0.15) is 46.6 Å². The van der Waals surface area contributed by atoms with Crippen LogP contribution in [0, 0.1) is 13.8 Å². The van der Waals surface area contributed by atoms with Crippen LogP contribution in [-0.4, -0.2) is 62.1 Å². The zero-order chi connectivity index (χ0) is 24.6. The number of aromatic carboxylic acids is 1. The molecule has 4 rings (SSSR count). The molecule has 0 aliphatic carbocycles. The van der Waals surface area contributed by atoms with Crippen LogP contribution in [-0.2, 0) is 9.59 Å². The lowest BCUT2D eigenvalue weighted by atomic mass is 10.1. The summed E-state index contributed by atoms with van der Waals surface area (Å²) in [7, 11) is 0. The summed E-state index contributed by atoms with van der Waals surface area (Å²) >= 11 is 6.82. The SMILES string of the molecule is Cc1cc(/C=C2\SC(=O)N(CC(=O)N3CCCCC3)C2=O)c(C)n1-c1ccc(Cl)c(C(=O)O)c1. The highest BCUT2D eigenvalue weighted by atomic mass is 35.5. The number of amides is 3. The molecule has 10 heteroatoms. The normalized spacial score (nSPS) is 17.7. The number of hydrogen-bond acceptors (Lipinski definition) is 5. The number of nitrogens with zero attached hydrogens (tertiary/aromatic N) is 3. The van der Waals surface area contributed by atoms with Crippen molar-refractivity contribution in [1.29, 1.82) is 0 Å². The number of imide groups is 1. The number of piperidine rings is 1. The molecule has 1 N–H and O–H groups in total. The van der Waals surface area contributed by atoms with Gasteiger partial charge < -0.3 is 14.6 Å². The zero-order valence-electron chi connectivity index (χ0n) is 18.8. The van der Waals surface area contributed by atoms with Gasteiger partial charge in [0.2, 0.25) is 5.91 Å². The second-order valence-electron chi connectivity index (χ2n) is 8.34. The van der Waals surface area contributed by atoms with Gasteiger partial charge in [-0.05, 0) is 80.8 Å². The molecule has 3 amide bonds. The third-order valence-corrected chi connectivity index (χ3v) is 7.31. The Bertz CT molecular complexity index is 1230. The minimum absolute atomic E-state index is 0.00675. The van der Waals surface area contributed by atoms with E-state index in [0.717, 1.165) is 52.9 Å². The summed E-state index contributed by atoms with van der Waals surface area (Å²) in [6.45, 7) is 4.78. The molecular weight excluding hydrogens is 478 g/mol. The Morgan fingerprint density at radius 1 is 1.12 bits per heavy atom. The number of carboxylic acids is 1. The predicted octanol–water partition coefficient (Wildman–Crippen LogP) is 4.49. The van der Waals surface area contributed by atoms with Gasteiger partial charge in [0.1, 0.15) is 6.54 Å². The predicted molar refractivity (Wildman–Crippen MR) is 130 cm³/mol. The van der Waals surface area contributed by atoms with Gasteiger partial charge in [-0.15, -0.1) is 0 Å². The Labute approximate surface area is 206 Å². The molecule has 0 spiro atoms. The van der Waals surface area contributed by atoms with Gasteiger partial charge in [-0.2, -0.15) is 0 Å². The number of carbonyl (C=O) groups is 4. The number of rotatable bonds is 5. The zero-order valence-corrected chi connectivity index (χ0v) is 20.4. The maximum atomic E-state index is 12.9. The van der Waals surface area contributed by atoms with Gasteiger partial charge in [0.25, 0.3) is 11.1 Å². The number of halogens is 1. The van der Waals surface area contributed by atoms with Crippen LogP contribution in [0.3, 0.4) is 0 Å². The number of thioether (sulfide) groups is 1. The van der Waals surface area contributed by atoms with Crippen molar-refractivity contribution in [3.63, 3.8) is 0 Å². The summed E-state index contributed by atoms with van der Waals surface area (Å²) < 4.78 is 1.86. The lowest BCUT2D eigenvalue weighted by Crippen LogP contribution is -2.44. The fourth-order valence-electron chi connectivity index (χ4n) is 4.30. The van der Waals surface area contributed by atoms with E-state index in [9.17, 15) is 24.3 Å². The standard InChI is InChI=1S/C24H24ClN3O5S/c1-14-10-16(15(2)28(14)17-6-7-19(25)18(12-17)23(31)32)11-20-22(30)27(24(33)34-20)13-21(29)26-8-4-3-5-9-26/h6-7,10-12H,3-5,8-9,13H2,1-2H3,(H,31,32)/b20-11-. The summed E-state index contributed by atoms with van der Waals surface area (Å²) in [5, 5.41) is 9.07. The average Bonchev–Trinajstić information content (AvgIpc) is 3.23. The lowest BCUT2D eigenvalue weighted by Gasteiger charge is -2.27. The van der Waals surface area contributed by atoms with Crippen molar-refractivity contribution in [2.24, 2.45) is 0 Å². The number of carbonyl (C=O) groups excluding carboxylic acids is 3. The molecule has 0 bridgehead atoms. The summed E-state index contributed by atoms with van der Waals surface area (Å²) in [5.74, 6) is -1.81. The molecule has 2 saturated heterocycles. The van der Waals surface area contributed by atoms with E-state index in [4.69, 9.17) is 11.6 Å². The first-order valence-corrected chi connectivity index (χ1v) is 12.1. The highest BCUT2D eigenvalue weighted by molar-refractivity contribution is 8.18. The van der Waals surface area contributed by atoms with Gasteiger partial charge in [0, 0.05) is 30.2 Å². The summed E-state index contributed by atoms with van der Waals surface area (Å²) in [6.07, 6.45) is 4.60. The third-order valence-electron chi connectivity index (χ3n) is 6.07. The topological polar surface area (TPSA) is 99.9 Å². The number of aryl methyl sites for hydroxylation is 1. The van der Waals surface area contributed by atoms with E-state index in [-0.39, 0.29) is 27.9 Å². The molecule has 2 aliphatic heterocycles. The van der Waals surface area contributed by atoms with Crippen LogP contribution in [0.2, 0.25) is 5.02 Å². The fourth-order valence-corrected chi connectivity index (χ4v) is 5.33. The van der Waals surface area contributed by atoms with E-state index >= 15 is 0 Å². The largest absolute Gasteiger partial charge is 0.478 e. The van der Waals surface area contributed by atoms with Crippen LogP contribution in [0.5, 0.6) is 0 Å². The van der Waals surface area contributed by atoms with E-state index in [2.05, 4.69) is 0 Å². The molecular formula is C24H24ClN3O5S. The summed E-state index contributed by atoms with van der Waals surface area (Å²) in [5.41, 5.74) is 2.93. The molecule has 178 valence electrons. The molecule has 0 atom stereocenters. The summed E-state index contributed by atoms with van der Waals surface area (Å²) in [6, 6.07) is 6.61. The Hall–Kier alpha value is -3.04. The fraction of sp³-hybridized carbons (Fsp3) is 0.333. The molecule has 0 saturated carbocycles. The monoisotopic (exact) mass is 501 g/mol. The Balaban J connectivity index is 1.58. The van der Waals surface area contributed by atoms with Crippen LogP contribution in [0.15, 0.2) is 29.2 Å². The van der Waals surface area contributed by atoms with Crippen molar-refractivity contribution in [2.75, 3.05) is 19.6 Å². The Morgan fingerprint density at radius 2 is 1.82 bits per heavy atom. The third kappa shape index (κ3) is 4.63. The molecule has 8 nitrogen and oxygen atoms in total. The highest BCUT2D eigenvalue weighted by Gasteiger charge is 2.37. The maximum absolute atomic E-state index is 12.9. The number of carboxylic acid groups (broad SMARTS) is 1. The van der Waals surface area contributed by atoms with E-state index in [1.165, 1.54) is 12.1 Å². The van der Waals surface area contributed by atoms with Gasteiger partial charge in [0.05, 0.1) is 15.5 Å². The van der Waals surface area contributed by atoms with Gasteiger partial charge in [-0.3, -0.25) is 19.3 Å². The summed E-state index contributed by atoms with van der Waals surface area (Å²) in [4.78, 5) is 52.4. The second kappa shape index (κ2) is 9.68. The van der Waals surface area contributed by atoms with Crippen LogP contribution < -0.4 is 0 Å². The lowest BCUT2D eigenvalue weighted by molar-refractivity contribution is -0.136. The first-order chi connectivity index (χ1) is 16.2. The molecule has 1 aromatic carbocycles. The molecule has 1 aromatic heterocycles. The molecule has 2 aromatic rings. The number of aromatic nitrogens is 1. The molecule has 0 radical (unpaired) electrons. The van der Waals surface area contributed by atoms with E-state index in [0.29, 0.717) is 18.8 Å². The number of benzene rings is 1. The quantitative estimate of drug-likeness (QED) is 0.606. The first kappa shape index (κ1) is 24.1. The smallest absolute Gasteiger partial charge is 0.337 e. The van der Waals surface area contributed by atoms with Crippen molar-refractivity contribution >= 4 is 52.5 Å². The van der Waals surface area contributed by atoms with E-state index in [1.54, 1.807) is 17.0 Å². The van der Waals surface area contributed by atoms with Crippen molar-refractivity contribution in [2.45, 2.75) is 33.1 Å². The second-order valence-corrected chi connectivity index (χ2v) is 9.74. The van der Waals surface area contributed by atoms with Gasteiger partial charge in [-0.25, -0.2) is 4.79 Å². The van der Waals surface area contributed by atoms with Crippen LogP contribution in [0.4, 0.5) is 4.79 Å². The van der Waals surface area contributed by atoms with Crippen molar-refractivity contribution in [3.8, 4) is 5.69 Å².